The van der Waals surface area contributed by atoms with Crippen LogP contribution in [-0.2, 0) is 0 Å². The molecule has 3 N–H and O–H groups in total. The van der Waals surface area contributed by atoms with E-state index in [4.69, 9.17) is 4.74 Å². The highest BCUT2D eigenvalue weighted by Gasteiger charge is 2.12. The quantitative estimate of drug-likeness (QED) is 0.773. The van der Waals surface area contributed by atoms with Gasteiger partial charge in [-0.2, -0.15) is 0 Å². The molecule has 0 spiro atoms. The van der Waals surface area contributed by atoms with Crippen LogP contribution >= 0.6 is 0 Å². The Labute approximate surface area is 120 Å². The zero-order chi connectivity index (χ0) is 14.2. The molecule has 5 nitrogen and oxygen atoms in total. The predicted octanol–water partition coefficient (Wildman–Crippen LogP) is 2.21. The summed E-state index contributed by atoms with van der Waals surface area (Å²) in [5, 5.41) is 9.09. The first-order valence-electron chi connectivity index (χ1n) is 7.17. The first kappa shape index (κ1) is 14.7. The first-order valence-corrected chi connectivity index (χ1v) is 7.17. The number of hydrogen-bond acceptors (Lipinski definition) is 3. The third kappa shape index (κ3) is 4.74. The van der Waals surface area contributed by atoms with Crippen LogP contribution in [0, 0.1) is 5.92 Å². The molecular weight excluding hydrogens is 254 g/mol. The van der Waals surface area contributed by atoms with Gasteiger partial charge in [-0.05, 0) is 62.5 Å². The minimum absolute atomic E-state index is 0.154. The van der Waals surface area contributed by atoms with E-state index in [9.17, 15) is 4.79 Å². The molecule has 1 aliphatic rings. The van der Waals surface area contributed by atoms with Gasteiger partial charge in [0.1, 0.15) is 5.75 Å². The van der Waals surface area contributed by atoms with E-state index in [2.05, 4.69) is 16.0 Å². The van der Waals surface area contributed by atoms with E-state index in [1.807, 2.05) is 24.3 Å². The average Bonchev–Trinajstić information content (AvgIpc) is 2.49. The lowest BCUT2D eigenvalue weighted by molar-refractivity contribution is 0.250. The second-order valence-corrected chi connectivity index (χ2v) is 5.11. The molecule has 0 saturated carbocycles. The van der Waals surface area contributed by atoms with Gasteiger partial charge in [0, 0.05) is 12.2 Å². The third-order valence-corrected chi connectivity index (χ3v) is 3.58. The Hall–Kier alpha value is -1.75. The molecule has 1 heterocycles. The maximum absolute atomic E-state index is 11.7. The molecule has 1 fully saturated rings. The summed E-state index contributed by atoms with van der Waals surface area (Å²) in [5.74, 6) is 1.46. The molecular formula is C15H23N3O2. The van der Waals surface area contributed by atoms with Gasteiger partial charge in [0.05, 0.1) is 7.11 Å². The van der Waals surface area contributed by atoms with E-state index in [1.165, 1.54) is 12.8 Å². The fourth-order valence-electron chi connectivity index (χ4n) is 2.41. The van der Waals surface area contributed by atoms with Gasteiger partial charge in [-0.15, -0.1) is 0 Å². The van der Waals surface area contributed by atoms with Crippen LogP contribution in [0.5, 0.6) is 5.75 Å². The molecule has 1 aromatic rings. The number of benzene rings is 1. The zero-order valence-corrected chi connectivity index (χ0v) is 11.9. The average molecular weight is 277 g/mol. The number of amides is 2. The van der Waals surface area contributed by atoms with Crippen LogP contribution in [0.4, 0.5) is 10.5 Å². The number of urea groups is 1. The zero-order valence-electron chi connectivity index (χ0n) is 11.9. The summed E-state index contributed by atoms with van der Waals surface area (Å²) in [4.78, 5) is 11.7. The monoisotopic (exact) mass is 277 g/mol. The van der Waals surface area contributed by atoms with Gasteiger partial charge >= 0.3 is 6.03 Å². The lowest BCUT2D eigenvalue weighted by atomic mass is 9.96. The molecule has 0 aromatic heterocycles. The fraction of sp³-hybridized carbons (Fsp3) is 0.533. The Kier molecular flexibility index (Phi) is 5.68. The van der Waals surface area contributed by atoms with Gasteiger partial charge in [0.15, 0.2) is 0 Å². The van der Waals surface area contributed by atoms with Crippen molar-refractivity contribution in [2.45, 2.75) is 19.3 Å². The minimum Gasteiger partial charge on any atom is -0.497 e. The molecule has 1 aromatic carbocycles. The molecule has 1 aliphatic heterocycles. The van der Waals surface area contributed by atoms with Gasteiger partial charge in [0.2, 0.25) is 0 Å². The largest absolute Gasteiger partial charge is 0.497 e. The maximum atomic E-state index is 11.7. The summed E-state index contributed by atoms with van der Waals surface area (Å²) in [7, 11) is 1.62. The highest BCUT2D eigenvalue weighted by atomic mass is 16.5. The molecule has 110 valence electrons. The number of ether oxygens (including phenoxy) is 1. The number of hydrogen-bond donors (Lipinski definition) is 3. The third-order valence-electron chi connectivity index (χ3n) is 3.58. The van der Waals surface area contributed by atoms with Gasteiger partial charge in [-0.3, -0.25) is 0 Å². The van der Waals surface area contributed by atoms with Crippen LogP contribution in [-0.4, -0.2) is 32.8 Å². The van der Waals surface area contributed by atoms with Crippen LogP contribution in [0.1, 0.15) is 19.3 Å². The summed E-state index contributed by atoms with van der Waals surface area (Å²) < 4.78 is 5.07. The lowest BCUT2D eigenvalue weighted by Gasteiger charge is -2.22. The molecule has 5 heteroatoms. The summed E-state index contributed by atoms with van der Waals surface area (Å²) >= 11 is 0. The standard InChI is InChI=1S/C15H23N3O2/c1-20-14-6-4-13(5-7-14)18-15(19)17-10-8-12-3-2-9-16-11-12/h4-7,12,16H,2-3,8-11H2,1H3,(H2,17,18,19). The lowest BCUT2D eigenvalue weighted by Crippen LogP contribution is -2.34. The summed E-state index contributed by atoms with van der Waals surface area (Å²) in [6.45, 7) is 2.91. The molecule has 1 unspecified atom stereocenters. The molecule has 20 heavy (non-hydrogen) atoms. The van der Waals surface area contributed by atoms with Crippen molar-refractivity contribution in [1.29, 1.82) is 0 Å². The van der Waals surface area contributed by atoms with Gasteiger partial charge in [-0.1, -0.05) is 0 Å². The van der Waals surface area contributed by atoms with E-state index in [1.54, 1.807) is 7.11 Å². The molecule has 1 atom stereocenters. The van der Waals surface area contributed by atoms with Gasteiger partial charge in [-0.25, -0.2) is 4.79 Å². The molecule has 1 saturated heterocycles. The van der Waals surface area contributed by atoms with E-state index >= 15 is 0 Å². The van der Waals surface area contributed by atoms with Crippen LogP contribution in [0.2, 0.25) is 0 Å². The highest BCUT2D eigenvalue weighted by molar-refractivity contribution is 5.89. The van der Waals surface area contributed by atoms with Crippen LogP contribution in [0.3, 0.4) is 0 Å². The molecule has 2 amide bonds. The second-order valence-electron chi connectivity index (χ2n) is 5.11. The second kappa shape index (κ2) is 7.75. The maximum Gasteiger partial charge on any atom is 0.319 e. The minimum atomic E-state index is -0.154. The number of piperidine rings is 1. The number of methoxy groups -OCH3 is 1. The Bertz CT molecular complexity index is 414. The van der Waals surface area contributed by atoms with Crippen molar-refractivity contribution in [3.05, 3.63) is 24.3 Å². The van der Waals surface area contributed by atoms with E-state index in [0.717, 1.165) is 30.9 Å². The SMILES string of the molecule is COc1ccc(NC(=O)NCCC2CCCNC2)cc1. The number of carbonyl (C=O) groups excluding carboxylic acids is 1. The van der Waals surface area contributed by atoms with Crippen molar-refractivity contribution in [1.82, 2.24) is 10.6 Å². The summed E-state index contributed by atoms with van der Waals surface area (Å²) in [6, 6.07) is 7.14. The van der Waals surface area contributed by atoms with Crippen molar-refractivity contribution in [2.75, 3.05) is 32.1 Å². The Balaban J connectivity index is 1.66. The number of rotatable bonds is 5. The van der Waals surface area contributed by atoms with E-state index in [0.29, 0.717) is 12.5 Å². The number of nitrogens with one attached hydrogen (secondary N) is 3. The smallest absolute Gasteiger partial charge is 0.319 e. The Morgan fingerprint density at radius 2 is 2.20 bits per heavy atom. The first-order chi connectivity index (χ1) is 9.78. The highest BCUT2D eigenvalue weighted by Crippen LogP contribution is 2.15. The van der Waals surface area contributed by atoms with E-state index in [-0.39, 0.29) is 6.03 Å². The van der Waals surface area contributed by atoms with Crippen LogP contribution < -0.4 is 20.7 Å². The van der Waals surface area contributed by atoms with Crippen LogP contribution in [0.15, 0.2) is 24.3 Å². The molecule has 0 bridgehead atoms. The summed E-state index contributed by atoms with van der Waals surface area (Å²) in [6.07, 6.45) is 3.53. The van der Waals surface area contributed by atoms with Crippen molar-refractivity contribution >= 4 is 11.7 Å². The molecule has 0 radical (unpaired) electrons. The Morgan fingerprint density at radius 3 is 2.85 bits per heavy atom. The van der Waals surface area contributed by atoms with Crippen molar-refractivity contribution < 1.29 is 9.53 Å². The predicted molar refractivity (Wildman–Crippen MR) is 80.2 cm³/mol. The molecule has 0 aliphatic carbocycles. The van der Waals surface area contributed by atoms with E-state index < -0.39 is 0 Å². The van der Waals surface area contributed by atoms with Crippen molar-refractivity contribution in [3.8, 4) is 5.75 Å². The Morgan fingerprint density at radius 1 is 1.40 bits per heavy atom. The van der Waals surface area contributed by atoms with Crippen molar-refractivity contribution in [2.24, 2.45) is 5.92 Å². The van der Waals surface area contributed by atoms with Gasteiger partial charge in [0.25, 0.3) is 0 Å². The fourth-order valence-corrected chi connectivity index (χ4v) is 2.41. The summed E-state index contributed by atoms with van der Waals surface area (Å²) in [5.41, 5.74) is 0.766. The normalized spacial score (nSPS) is 18.4. The van der Waals surface area contributed by atoms with Crippen molar-refractivity contribution in [3.63, 3.8) is 0 Å². The molecule has 2 rings (SSSR count). The number of anilines is 1. The number of carbonyl (C=O) groups is 1. The van der Waals surface area contributed by atoms with Gasteiger partial charge < -0.3 is 20.7 Å². The van der Waals surface area contributed by atoms with Crippen LogP contribution in [0.25, 0.3) is 0 Å². The topological polar surface area (TPSA) is 62.4 Å².